The number of hydrogen-bond acceptors (Lipinski definition) is 2. The topological polar surface area (TPSA) is 40.1 Å². The van der Waals surface area contributed by atoms with E-state index in [1.54, 1.807) is 0 Å². The Morgan fingerprint density at radius 1 is 1.55 bits per heavy atom. The first-order valence-electron chi connectivity index (χ1n) is 2.77. The lowest BCUT2D eigenvalue weighted by Gasteiger charge is -2.03. The van der Waals surface area contributed by atoms with Gasteiger partial charge in [-0.25, -0.2) is 4.39 Å². The second kappa shape index (κ2) is 3.00. The van der Waals surface area contributed by atoms with Gasteiger partial charge in [0.25, 0.3) is 0 Å². The van der Waals surface area contributed by atoms with Crippen LogP contribution >= 0.6 is 15.9 Å². The Balaban J connectivity index is 3.23. The number of benzene rings is 1. The van der Waals surface area contributed by atoms with Crippen LogP contribution in [-0.4, -0.2) is 5.97 Å². The van der Waals surface area contributed by atoms with Crippen molar-refractivity contribution in [1.29, 1.82) is 0 Å². The molecule has 0 aliphatic heterocycles. The lowest BCUT2D eigenvalue weighted by atomic mass is 10.2. The Morgan fingerprint density at radius 3 is 2.64 bits per heavy atom. The molecule has 0 amide bonds. The quantitative estimate of drug-likeness (QED) is 0.703. The summed E-state index contributed by atoms with van der Waals surface area (Å²) in [5.41, 5.74) is -0.431. The summed E-state index contributed by atoms with van der Waals surface area (Å²) in [6.45, 7) is 0. The molecule has 11 heavy (non-hydrogen) atoms. The zero-order valence-electron chi connectivity index (χ0n) is 5.30. The van der Waals surface area contributed by atoms with Crippen molar-refractivity contribution in [2.45, 2.75) is 0 Å². The number of carbonyl (C=O) groups excluding carboxylic acids is 1. The van der Waals surface area contributed by atoms with Gasteiger partial charge in [-0.1, -0.05) is 15.9 Å². The van der Waals surface area contributed by atoms with E-state index in [2.05, 4.69) is 15.9 Å². The second-order valence-electron chi connectivity index (χ2n) is 1.91. The summed E-state index contributed by atoms with van der Waals surface area (Å²) in [4.78, 5) is 10.2. The van der Waals surface area contributed by atoms with Crippen LogP contribution in [0.4, 0.5) is 4.39 Å². The Bertz CT molecular complexity index is 298. The van der Waals surface area contributed by atoms with Crippen LogP contribution < -0.4 is 5.11 Å². The molecule has 4 heteroatoms. The third-order valence-electron chi connectivity index (χ3n) is 1.15. The standard InChI is InChI=1S/C7H4BrFO2/c8-4-1-2-6(9)5(3-4)7(10)11/h1-3H,(H,10,11)/p-1. The third kappa shape index (κ3) is 1.77. The van der Waals surface area contributed by atoms with Gasteiger partial charge in [-0.15, -0.1) is 0 Å². The zero-order chi connectivity index (χ0) is 8.43. The van der Waals surface area contributed by atoms with Gasteiger partial charge in [0.05, 0.1) is 5.97 Å². The first kappa shape index (κ1) is 8.20. The van der Waals surface area contributed by atoms with E-state index in [9.17, 15) is 14.3 Å². The van der Waals surface area contributed by atoms with Crippen LogP contribution in [0, 0.1) is 5.82 Å². The van der Waals surface area contributed by atoms with Crippen LogP contribution in [0.15, 0.2) is 22.7 Å². The summed E-state index contributed by atoms with van der Waals surface area (Å²) in [5, 5.41) is 10.2. The van der Waals surface area contributed by atoms with E-state index in [0.29, 0.717) is 4.47 Å². The summed E-state index contributed by atoms with van der Waals surface area (Å²) in [5.74, 6) is -2.29. The SMILES string of the molecule is O=C([O-])c1cc(Br)ccc1F. The Kier molecular flexibility index (Phi) is 2.24. The minimum atomic E-state index is -1.51. The summed E-state index contributed by atoms with van der Waals surface area (Å²) >= 11 is 3.01. The van der Waals surface area contributed by atoms with Crippen molar-refractivity contribution in [2.75, 3.05) is 0 Å². The van der Waals surface area contributed by atoms with E-state index in [-0.39, 0.29) is 0 Å². The fourth-order valence-corrected chi connectivity index (χ4v) is 1.02. The van der Waals surface area contributed by atoms with Crippen molar-refractivity contribution in [1.82, 2.24) is 0 Å². The molecule has 0 aromatic heterocycles. The monoisotopic (exact) mass is 217 g/mol. The van der Waals surface area contributed by atoms with Crippen molar-refractivity contribution >= 4 is 21.9 Å². The first-order valence-corrected chi connectivity index (χ1v) is 3.57. The molecule has 2 nitrogen and oxygen atoms in total. The maximum atomic E-state index is 12.6. The first-order chi connectivity index (χ1) is 5.11. The average molecular weight is 218 g/mol. The molecule has 0 bridgehead atoms. The minimum Gasteiger partial charge on any atom is -0.545 e. The fraction of sp³-hybridized carbons (Fsp3) is 0. The van der Waals surface area contributed by atoms with Gasteiger partial charge in [-0.2, -0.15) is 0 Å². The smallest absolute Gasteiger partial charge is 0.132 e. The molecule has 1 aromatic carbocycles. The molecule has 1 aromatic rings. The highest BCUT2D eigenvalue weighted by Crippen LogP contribution is 2.14. The molecule has 0 fully saturated rings. The second-order valence-corrected chi connectivity index (χ2v) is 2.83. The molecule has 0 N–H and O–H groups in total. The van der Waals surface area contributed by atoms with E-state index < -0.39 is 17.3 Å². The molecule has 0 saturated carbocycles. The molecule has 1 rings (SSSR count). The van der Waals surface area contributed by atoms with Crippen molar-refractivity contribution in [3.8, 4) is 0 Å². The van der Waals surface area contributed by atoms with Crippen LogP contribution in [0.2, 0.25) is 0 Å². The Hall–Kier alpha value is -0.900. The molecule has 0 atom stereocenters. The van der Waals surface area contributed by atoms with Crippen LogP contribution in [0.25, 0.3) is 0 Å². The van der Waals surface area contributed by atoms with Crippen LogP contribution in [-0.2, 0) is 0 Å². The molecule has 0 aliphatic carbocycles. The van der Waals surface area contributed by atoms with Gasteiger partial charge in [0.2, 0.25) is 0 Å². The molecule has 0 heterocycles. The highest BCUT2D eigenvalue weighted by atomic mass is 79.9. The van der Waals surface area contributed by atoms with Crippen molar-refractivity contribution in [3.05, 3.63) is 34.1 Å². The van der Waals surface area contributed by atoms with E-state index in [1.807, 2.05) is 0 Å². The maximum absolute atomic E-state index is 12.6. The number of carbonyl (C=O) groups is 1. The van der Waals surface area contributed by atoms with Crippen LogP contribution in [0.3, 0.4) is 0 Å². The van der Waals surface area contributed by atoms with Crippen molar-refractivity contribution < 1.29 is 14.3 Å². The Morgan fingerprint density at radius 2 is 2.18 bits per heavy atom. The van der Waals surface area contributed by atoms with E-state index >= 15 is 0 Å². The van der Waals surface area contributed by atoms with Gasteiger partial charge in [0.1, 0.15) is 5.82 Å². The normalized spacial score (nSPS) is 9.64. The number of hydrogen-bond donors (Lipinski definition) is 0. The number of halogens is 2. The summed E-state index contributed by atoms with van der Waals surface area (Å²) < 4.78 is 13.1. The van der Waals surface area contributed by atoms with Gasteiger partial charge < -0.3 is 9.90 Å². The highest BCUT2D eigenvalue weighted by molar-refractivity contribution is 9.10. The third-order valence-corrected chi connectivity index (χ3v) is 1.64. The van der Waals surface area contributed by atoms with Gasteiger partial charge in [0.15, 0.2) is 0 Å². The summed E-state index contributed by atoms with van der Waals surface area (Å²) in [6, 6.07) is 3.64. The van der Waals surface area contributed by atoms with E-state index in [1.165, 1.54) is 6.07 Å². The lowest BCUT2D eigenvalue weighted by molar-refractivity contribution is -0.255. The van der Waals surface area contributed by atoms with Gasteiger partial charge >= 0.3 is 0 Å². The summed E-state index contributed by atoms with van der Waals surface area (Å²) in [6.07, 6.45) is 0. The average Bonchev–Trinajstić information content (AvgIpc) is 1.94. The predicted molar refractivity (Wildman–Crippen MR) is 38.4 cm³/mol. The molecule has 0 aliphatic rings. The molecule has 0 saturated heterocycles. The van der Waals surface area contributed by atoms with E-state index in [4.69, 9.17) is 0 Å². The van der Waals surface area contributed by atoms with Crippen LogP contribution in [0.5, 0.6) is 0 Å². The molecular weight excluding hydrogens is 215 g/mol. The molecular formula is C7H3BrFO2-. The lowest BCUT2D eigenvalue weighted by Crippen LogP contribution is -2.23. The minimum absolute atomic E-state index is 0.431. The predicted octanol–water partition coefficient (Wildman–Crippen LogP) is 0.952. The summed E-state index contributed by atoms with van der Waals surface area (Å²) in [7, 11) is 0. The van der Waals surface area contributed by atoms with E-state index in [0.717, 1.165) is 12.1 Å². The maximum Gasteiger partial charge on any atom is 0.132 e. The van der Waals surface area contributed by atoms with Gasteiger partial charge in [-0.3, -0.25) is 0 Å². The van der Waals surface area contributed by atoms with Crippen LogP contribution in [0.1, 0.15) is 10.4 Å². The number of rotatable bonds is 1. The van der Waals surface area contributed by atoms with Gasteiger partial charge in [0, 0.05) is 10.0 Å². The van der Waals surface area contributed by atoms with Crippen molar-refractivity contribution in [2.24, 2.45) is 0 Å². The largest absolute Gasteiger partial charge is 0.545 e. The van der Waals surface area contributed by atoms with Crippen molar-refractivity contribution in [3.63, 3.8) is 0 Å². The van der Waals surface area contributed by atoms with Gasteiger partial charge in [-0.05, 0) is 18.2 Å². The fourth-order valence-electron chi connectivity index (χ4n) is 0.654. The number of carboxylic acid groups (broad SMARTS) is 1. The Labute approximate surface area is 70.8 Å². The number of carboxylic acids is 1. The highest BCUT2D eigenvalue weighted by Gasteiger charge is 2.01. The molecule has 0 spiro atoms. The molecule has 0 unspecified atom stereocenters. The molecule has 58 valence electrons. The zero-order valence-corrected chi connectivity index (χ0v) is 6.89. The number of aromatic carboxylic acids is 1. The molecule has 0 radical (unpaired) electrons.